The highest BCUT2D eigenvalue weighted by Crippen LogP contribution is 2.32. The van der Waals surface area contributed by atoms with Crippen molar-refractivity contribution >= 4 is 34.8 Å². The minimum atomic E-state index is 0.425. The molecule has 1 nitrogen and oxygen atoms in total. The summed E-state index contributed by atoms with van der Waals surface area (Å²) in [4.78, 5) is 4.59. The van der Waals surface area contributed by atoms with Gasteiger partial charge in [-0.2, -0.15) is 0 Å². The summed E-state index contributed by atoms with van der Waals surface area (Å²) in [7, 11) is 0. The fourth-order valence-corrected chi connectivity index (χ4v) is 2.67. The number of halogens is 3. The van der Waals surface area contributed by atoms with Crippen molar-refractivity contribution in [3.63, 3.8) is 0 Å². The first-order chi connectivity index (χ1) is 10.7. The Bertz CT molecular complexity index is 780. The van der Waals surface area contributed by atoms with E-state index in [1.807, 2.05) is 48.5 Å². The van der Waals surface area contributed by atoms with Gasteiger partial charge in [-0.05, 0) is 41.5 Å². The third-order valence-electron chi connectivity index (χ3n) is 3.37. The number of rotatable bonds is 3. The third-order valence-corrected chi connectivity index (χ3v) is 4.18. The fourth-order valence-electron chi connectivity index (χ4n) is 2.27. The molecule has 3 aromatic rings. The first-order valence-corrected chi connectivity index (χ1v) is 8.03. The molecule has 0 spiro atoms. The highest BCUT2D eigenvalue weighted by molar-refractivity contribution is 6.31. The van der Waals surface area contributed by atoms with E-state index in [1.165, 1.54) is 0 Å². The number of alkyl halides is 1. The molecule has 2 aromatic carbocycles. The zero-order valence-corrected chi connectivity index (χ0v) is 13.8. The zero-order valence-electron chi connectivity index (χ0n) is 11.6. The van der Waals surface area contributed by atoms with Crippen LogP contribution >= 0.6 is 34.8 Å². The third kappa shape index (κ3) is 3.27. The molecule has 1 aromatic heterocycles. The summed E-state index contributed by atoms with van der Waals surface area (Å²) in [5.41, 5.74) is 4.96. The van der Waals surface area contributed by atoms with Crippen molar-refractivity contribution in [1.29, 1.82) is 0 Å². The van der Waals surface area contributed by atoms with E-state index in [2.05, 4.69) is 11.1 Å². The Morgan fingerprint density at radius 1 is 0.773 bits per heavy atom. The molecule has 22 heavy (non-hydrogen) atoms. The molecule has 110 valence electrons. The van der Waals surface area contributed by atoms with Crippen LogP contribution < -0.4 is 0 Å². The second kappa shape index (κ2) is 6.70. The molecule has 3 rings (SSSR count). The van der Waals surface area contributed by atoms with Gasteiger partial charge in [0.15, 0.2) is 0 Å². The average Bonchev–Trinajstić information content (AvgIpc) is 2.56. The predicted molar refractivity (Wildman–Crippen MR) is 94.7 cm³/mol. The van der Waals surface area contributed by atoms with Gasteiger partial charge in [-0.3, -0.25) is 4.98 Å². The Hall–Kier alpha value is -1.54. The van der Waals surface area contributed by atoms with Gasteiger partial charge >= 0.3 is 0 Å². The zero-order chi connectivity index (χ0) is 15.5. The highest BCUT2D eigenvalue weighted by atomic mass is 35.5. The quantitative estimate of drug-likeness (QED) is 0.495. The molecule has 0 saturated carbocycles. The standard InChI is InChI=1S/C18H12Cl3N/c19-10-12-9-17(13-1-5-15(20)6-2-13)18(22-11-12)14-3-7-16(21)8-4-14/h1-9,11H,10H2. The molecule has 0 saturated heterocycles. The molecule has 0 unspecified atom stereocenters. The van der Waals surface area contributed by atoms with E-state index >= 15 is 0 Å². The largest absolute Gasteiger partial charge is 0.255 e. The van der Waals surface area contributed by atoms with Crippen molar-refractivity contribution in [3.8, 4) is 22.4 Å². The summed E-state index contributed by atoms with van der Waals surface area (Å²) < 4.78 is 0. The monoisotopic (exact) mass is 347 g/mol. The Morgan fingerprint density at radius 2 is 1.32 bits per heavy atom. The molecular formula is C18H12Cl3N. The van der Waals surface area contributed by atoms with Crippen molar-refractivity contribution in [2.45, 2.75) is 5.88 Å². The van der Waals surface area contributed by atoms with Crippen LogP contribution in [-0.4, -0.2) is 4.98 Å². The lowest BCUT2D eigenvalue weighted by molar-refractivity contribution is 1.25. The van der Waals surface area contributed by atoms with Gasteiger partial charge in [0.05, 0.1) is 5.69 Å². The Morgan fingerprint density at radius 3 is 1.86 bits per heavy atom. The van der Waals surface area contributed by atoms with Crippen LogP contribution in [-0.2, 0) is 5.88 Å². The highest BCUT2D eigenvalue weighted by Gasteiger charge is 2.10. The number of hydrogen-bond donors (Lipinski definition) is 0. The topological polar surface area (TPSA) is 12.9 Å². The molecule has 0 bridgehead atoms. The van der Waals surface area contributed by atoms with Crippen LogP contribution in [0.4, 0.5) is 0 Å². The number of nitrogens with zero attached hydrogens (tertiary/aromatic N) is 1. The molecule has 0 fully saturated rings. The number of benzene rings is 2. The summed E-state index contributed by atoms with van der Waals surface area (Å²) in [6, 6.07) is 17.4. The Labute approximate surface area is 144 Å². The summed E-state index contributed by atoms with van der Waals surface area (Å²) in [5, 5.41) is 1.41. The number of pyridine rings is 1. The Balaban J connectivity index is 2.17. The molecule has 0 radical (unpaired) electrons. The van der Waals surface area contributed by atoms with Crippen LogP contribution in [0, 0.1) is 0 Å². The van der Waals surface area contributed by atoms with Crippen LogP contribution in [0.25, 0.3) is 22.4 Å². The maximum atomic E-state index is 5.98. The molecule has 0 aliphatic carbocycles. The molecule has 1 heterocycles. The van der Waals surface area contributed by atoms with Crippen LogP contribution in [0.5, 0.6) is 0 Å². The fraction of sp³-hybridized carbons (Fsp3) is 0.0556. The van der Waals surface area contributed by atoms with E-state index in [0.29, 0.717) is 15.9 Å². The van der Waals surface area contributed by atoms with Crippen LogP contribution in [0.2, 0.25) is 10.0 Å². The first-order valence-electron chi connectivity index (χ1n) is 6.74. The molecule has 4 heteroatoms. The minimum absolute atomic E-state index is 0.425. The molecule has 0 atom stereocenters. The Kier molecular flexibility index (Phi) is 4.68. The minimum Gasteiger partial charge on any atom is -0.255 e. The van der Waals surface area contributed by atoms with Crippen molar-refractivity contribution < 1.29 is 0 Å². The van der Waals surface area contributed by atoms with Gasteiger partial charge in [-0.25, -0.2) is 0 Å². The van der Waals surface area contributed by atoms with E-state index < -0.39 is 0 Å². The lowest BCUT2D eigenvalue weighted by Crippen LogP contribution is -1.92. The normalized spacial score (nSPS) is 10.7. The molecule has 0 N–H and O–H groups in total. The lowest BCUT2D eigenvalue weighted by Gasteiger charge is -2.11. The van der Waals surface area contributed by atoms with Crippen LogP contribution in [0.15, 0.2) is 60.8 Å². The molecule has 0 amide bonds. The van der Waals surface area contributed by atoms with Crippen LogP contribution in [0.3, 0.4) is 0 Å². The van der Waals surface area contributed by atoms with Crippen molar-refractivity contribution in [1.82, 2.24) is 4.98 Å². The van der Waals surface area contributed by atoms with Gasteiger partial charge in [0.2, 0.25) is 0 Å². The maximum Gasteiger partial charge on any atom is 0.0780 e. The average molecular weight is 349 g/mol. The number of aromatic nitrogens is 1. The summed E-state index contributed by atoms with van der Waals surface area (Å²) >= 11 is 17.9. The van der Waals surface area contributed by atoms with Gasteiger partial charge in [0, 0.05) is 33.2 Å². The van der Waals surface area contributed by atoms with E-state index in [0.717, 1.165) is 27.9 Å². The molecular weight excluding hydrogens is 337 g/mol. The summed E-state index contributed by atoms with van der Waals surface area (Å²) in [6.45, 7) is 0. The maximum absolute atomic E-state index is 5.98. The molecule has 0 aliphatic heterocycles. The summed E-state index contributed by atoms with van der Waals surface area (Å²) in [6.07, 6.45) is 1.80. The lowest BCUT2D eigenvalue weighted by atomic mass is 9.98. The van der Waals surface area contributed by atoms with Gasteiger partial charge in [0.1, 0.15) is 0 Å². The van der Waals surface area contributed by atoms with Crippen molar-refractivity contribution in [2.75, 3.05) is 0 Å². The van der Waals surface area contributed by atoms with Crippen LogP contribution in [0.1, 0.15) is 5.56 Å². The smallest absolute Gasteiger partial charge is 0.0780 e. The van der Waals surface area contributed by atoms with Gasteiger partial charge in [-0.1, -0.05) is 47.5 Å². The second-order valence-electron chi connectivity index (χ2n) is 4.89. The second-order valence-corrected chi connectivity index (χ2v) is 6.03. The molecule has 0 aliphatic rings. The van der Waals surface area contributed by atoms with Gasteiger partial charge in [-0.15, -0.1) is 11.6 Å². The van der Waals surface area contributed by atoms with E-state index in [4.69, 9.17) is 34.8 Å². The van der Waals surface area contributed by atoms with Crippen molar-refractivity contribution in [2.24, 2.45) is 0 Å². The van der Waals surface area contributed by atoms with E-state index in [9.17, 15) is 0 Å². The van der Waals surface area contributed by atoms with E-state index in [-0.39, 0.29) is 0 Å². The SMILES string of the molecule is ClCc1cnc(-c2ccc(Cl)cc2)c(-c2ccc(Cl)cc2)c1. The van der Waals surface area contributed by atoms with Crippen molar-refractivity contribution in [3.05, 3.63) is 76.4 Å². The van der Waals surface area contributed by atoms with Gasteiger partial charge in [0.25, 0.3) is 0 Å². The predicted octanol–water partition coefficient (Wildman–Crippen LogP) is 6.46. The first kappa shape index (κ1) is 15.4. The summed E-state index contributed by atoms with van der Waals surface area (Å²) in [5.74, 6) is 0.425. The van der Waals surface area contributed by atoms with Gasteiger partial charge < -0.3 is 0 Å². The van der Waals surface area contributed by atoms with E-state index in [1.54, 1.807) is 6.20 Å². The number of hydrogen-bond acceptors (Lipinski definition) is 1.